The number of nitrogens with zero attached hydrogens (tertiary/aromatic N) is 4. The molecule has 0 bridgehead atoms. The fraction of sp³-hybridized carbons (Fsp3) is 0.550. The molecule has 2 aromatic rings. The van der Waals surface area contributed by atoms with E-state index in [1.165, 1.54) is 31.0 Å². The van der Waals surface area contributed by atoms with Gasteiger partial charge in [-0.05, 0) is 26.7 Å². The van der Waals surface area contributed by atoms with Crippen LogP contribution >= 0.6 is 11.8 Å². The van der Waals surface area contributed by atoms with Crippen LogP contribution in [0.3, 0.4) is 0 Å². The molecule has 0 radical (unpaired) electrons. The van der Waals surface area contributed by atoms with Crippen molar-refractivity contribution in [1.82, 2.24) is 19.7 Å². The van der Waals surface area contributed by atoms with Crippen LogP contribution in [0.15, 0.2) is 35.5 Å². The molecule has 1 amide bonds. The molecule has 1 aliphatic rings. The van der Waals surface area contributed by atoms with Crippen LogP contribution in [0.5, 0.6) is 0 Å². The summed E-state index contributed by atoms with van der Waals surface area (Å²) in [6.07, 6.45) is 6.05. The normalized spacial score (nSPS) is 16.4. The number of carbonyl (C=O) groups excluding carboxylic acids is 1. The zero-order valence-electron chi connectivity index (χ0n) is 15.9. The number of hydrogen-bond donors (Lipinski definition) is 0. The van der Waals surface area contributed by atoms with Gasteiger partial charge in [0.2, 0.25) is 5.91 Å². The van der Waals surface area contributed by atoms with Gasteiger partial charge < -0.3 is 9.47 Å². The van der Waals surface area contributed by atoms with Crippen molar-refractivity contribution in [3.63, 3.8) is 0 Å². The van der Waals surface area contributed by atoms with Crippen LogP contribution < -0.4 is 0 Å². The molecule has 1 fully saturated rings. The van der Waals surface area contributed by atoms with Gasteiger partial charge in [0, 0.05) is 25.2 Å². The van der Waals surface area contributed by atoms with Crippen molar-refractivity contribution in [2.45, 2.75) is 62.4 Å². The van der Waals surface area contributed by atoms with E-state index in [9.17, 15) is 4.79 Å². The van der Waals surface area contributed by atoms with Gasteiger partial charge in [-0.25, -0.2) is 0 Å². The fourth-order valence-corrected chi connectivity index (χ4v) is 4.57. The van der Waals surface area contributed by atoms with Gasteiger partial charge in [0.1, 0.15) is 0 Å². The van der Waals surface area contributed by atoms with Crippen molar-refractivity contribution in [1.29, 1.82) is 0 Å². The predicted molar refractivity (Wildman–Crippen MR) is 106 cm³/mol. The van der Waals surface area contributed by atoms with E-state index >= 15 is 0 Å². The van der Waals surface area contributed by atoms with E-state index in [0.717, 1.165) is 35.9 Å². The molecule has 5 nitrogen and oxygen atoms in total. The van der Waals surface area contributed by atoms with Gasteiger partial charge >= 0.3 is 0 Å². The number of benzene rings is 1. The summed E-state index contributed by atoms with van der Waals surface area (Å²) in [6.45, 7) is 4.84. The summed E-state index contributed by atoms with van der Waals surface area (Å²) in [5.74, 6) is 1.04. The Bertz CT molecular complexity index is 725. The Morgan fingerprint density at radius 3 is 2.58 bits per heavy atom. The second-order valence-corrected chi connectivity index (χ2v) is 8.22. The van der Waals surface area contributed by atoms with Gasteiger partial charge in [-0.3, -0.25) is 4.79 Å². The number of amides is 1. The summed E-state index contributed by atoms with van der Waals surface area (Å²) >= 11 is 1.50. The third kappa shape index (κ3) is 4.11. The highest BCUT2D eigenvalue weighted by atomic mass is 32.2. The standard InChI is InChI=1S/C20H28N4OS/c1-4-24(17-13-9-6-10-14-17)19(25)15(2)26-20-22-21-18(23(20)3)16-11-7-5-8-12-16/h5,7-8,11-12,15,17H,4,6,9-10,13-14H2,1-3H3/t15-/m0/s1. The van der Waals surface area contributed by atoms with E-state index in [1.54, 1.807) is 0 Å². The minimum atomic E-state index is -0.164. The van der Waals surface area contributed by atoms with Gasteiger partial charge in [-0.2, -0.15) is 0 Å². The molecular weight excluding hydrogens is 344 g/mol. The molecule has 0 unspecified atom stereocenters. The number of thioether (sulfide) groups is 1. The van der Waals surface area contributed by atoms with Crippen molar-refractivity contribution in [3.8, 4) is 11.4 Å². The highest BCUT2D eigenvalue weighted by Gasteiger charge is 2.29. The lowest BCUT2D eigenvalue weighted by atomic mass is 9.94. The lowest BCUT2D eigenvalue weighted by molar-refractivity contribution is -0.133. The summed E-state index contributed by atoms with van der Waals surface area (Å²) < 4.78 is 1.97. The second-order valence-electron chi connectivity index (χ2n) is 6.91. The first kappa shape index (κ1) is 19.0. The minimum absolute atomic E-state index is 0.164. The molecule has 0 saturated heterocycles. The van der Waals surface area contributed by atoms with Gasteiger partial charge in [0.05, 0.1) is 5.25 Å². The molecule has 0 N–H and O–H groups in total. The van der Waals surface area contributed by atoms with Crippen LogP contribution in [0.2, 0.25) is 0 Å². The third-order valence-corrected chi connectivity index (χ3v) is 6.26. The number of hydrogen-bond acceptors (Lipinski definition) is 4. The Balaban J connectivity index is 1.70. The van der Waals surface area contributed by atoms with Crippen LogP contribution in [-0.2, 0) is 11.8 Å². The maximum atomic E-state index is 13.0. The summed E-state index contributed by atoms with van der Waals surface area (Å²) in [4.78, 5) is 15.1. The quantitative estimate of drug-likeness (QED) is 0.715. The Hall–Kier alpha value is -1.82. The maximum absolute atomic E-state index is 13.0. The summed E-state index contributed by atoms with van der Waals surface area (Å²) in [5.41, 5.74) is 1.03. The van der Waals surface area contributed by atoms with Crippen molar-refractivity contribution in [3.05, 3.63) is 30.3 Å². The van der Waals surface area contributed by atoms with Crippen LogP contribution in [0.1, 0.15) is 46.0 Å². The maximum Gasteiger partial charge on any atom is 0.236 e. The molecule has 1 saturated carbocycles. The van der Waals surface area contributed by atoms with Crippen molar-refractivity contribution in [2.24, 2.45) is 7.05 Å². The highest BCUT2D eigenvalue weighted by molar-refractivity contribution is 8.00. The predicted octanol–water partition coefficient (Wildman–Crippen LogP) is 4.14. The van der Waals surface area contributed by atoms with Gasteiger partial charge in [0.25, 0.3) is 0 Å². The Kier molecular flexibility index (Phi) is 6.35. The van der Waals surface area contributed by atoms with E-state index in [-0.39, 0.29) is 11.2 Å². The first-order chi connectivity index (χ1) is 12.6. The summed E-state index contributed by atoms with van der Waals surface area (Å²) in [6, 6.07) is 10.4. The first-order valence-corrected chi connectivity index (χ1v) is 10.4. The molecule has 1 heterocycles. The SMILES string of the molecule is CCN(C(=O)[C@H](C)Sc1nnc(-c2ccccc2)n1C)C1CCCCC1. The van der Waals surface area contributed by atoms with E-state index in [4.69, 9.17) is 0 Å². The van der Waals surface area contributed by atoms with Gasteiger partial charge in [0.15, 0.2) is 11.0 Å². The number of aromatic nitrogens is 3. The number of carbonyl (C=O) groups is 1. The molecule has 26 heavy (non-hydrogen) atoms. The smallest absolute Gasteiger partial charge is 0.236 e. The van der Waals surface area contributed by atoms with Gasteiger partial charge in [-0.1, -0.05) is 61.4 Å². The third-order valence-electron chi connectivity index (χ3n) is 5.14. The summed E-state index contributed by atoms with van der Waals surface area (Å²) in [7, 11) is 1.96. The molecule has 1 atom stereocenters. The van der Waals surface area contributed by atoms with Crippen LogP contribution in [0, 0.1) is 0 Å². The van der Waals surface area contributed by atoms with Crippen molar-refractivity contribution >= 4 is 17.7 Å². The van der Waals surface area contributed by atoms with Crippen LogP contribution in [-0.4, -0.2) is 43.4 Å². The molecule has 0 spiro atoms. The zero-order valence-corrected chi connectivity index (χ0v) is 16.7. The molecule has 1 aliphatic carbocycles. The highest BCUT2D eigenvalue weighted by Crippen LogP contribution is 2.29. The zero-order chi connectivity index (χ0) is 18.5. The molecule has 6 heteroatoms. The van der Waals surface area contributed by atoms with E-state index in [1.807, 2.05) is 48.9 Å². The van der Waals surface area contributed by atoms with E-state index in [2.05, 4.69) is 22.0 Å². The van der Waals surface area contributed by atoms with Crippen molar-refractivity contribution in [2.75, 3.05) is 6.54 Å². The fourth-order valence-electron chi connectivity index (χ4n) is 3.68. The molecule has 3 rings (SSSR count). The largest absolute Gasteiger partial charge is 0.339 e. The lowest BCUT2D eigenvalue weighted by Gasteiger charge is -2.35. The molecule has 1 aromatic heterocycles. The average Bonchev–Trinajstić information content (AvgIpc) is 3.04. The van der Waals surface area contributed by atoms with Crippen LogP contribution in [0.25, 0.3) is 11.4 Å². The Morgan fingerprint density at radius 2 is 1.92 bits per heavy atom. The lowest BCUT2D eigenvalue weighted by Crippen LogP contribution is -2.44. The molecule has 1 aromatic carbocycles. The second kappa shape index (κ2) is 8.71. The Morgan fingerprint density at radius 1 is 1.23 bits per heavy atom. The first-order valence-electron chi connectivity index (χ1n) is 9.53. The average molecular weight is 373 g/mol. The minimum Gasteiger partial charge on any atom is -0.339 e. The topological polar surface area (TPSA) is 51.0 Å². The summed E-state index contributed by atoms with van der Waals surface area (Å²) in [5, 5.41) is 9.26. The Labute approximate surface area is 160 Å². The van der Waals surface area contributed by atoms with E-state index in [0.29, 0.717) is 6.04 Å². The number of rotatable bonds is 6. The van der Waals surface area contributed by atoms with Crippen LogP contribution in [0.4, 0.5) is 0 Å². The monoisotopic (exact) mass is 372 g/mol. The van der Waals surface area contributed by atoms with Gasteiger partial charge in [-0.15, -0.1) is 10.2 Å². The van der Waals surface area contributed by atoms with Crippen molar-refractivity contribution < 1.29 is 4.79 Å². The molecule has 0 aliphatic heterocycles. The van der Waals surface area contributed by atoms with E-state index < -0.39 is 0 Å². The molecular formula is C20H28N4OS. The molecule has 140 valence electrons.